The zero-order valence-corrected chi connectivity index (χ0v) is 15.6. The summed E-state index contributed by atoms with van der Waals surface area (Å²) in [6.45, 7) is 0.227. The molecule has 4 rings (SSSR count). The Morgan fingerprint density at radius 3 is 2.57 bits per heavy atom. The van der Waals surface area contributed by atoms with Gasteiger partial charge < -0.3 is 14.6 Å². The van der Waals surface area contributed by atoms with E-state index in [1.54, 1.807) is 30.5 Å². The summed E-state index contributed by atoms with van der Waals surface area (Å²) in [5, 5.41) is 14.3. The van der Waals surface area contributed by atoms with Gasteiger partial charge in [0.2, 0.25) is 0 Å². The van der Waals surface area contributed by atoms with Crippen molar-refractivity contribution in [2.24, 2.45) is 5.92 Å². The molecule has 0 aliphatic heterocycles. The number of hydrogen-bond acceptors (Lipinski definition) is 5. The van der Waals surface area contributed by atoms with Crippen LogP contribution in [0.25, 0.3) is 16.8 Å². The van der Waals surface area contributed by atoms with Crippen LogP contribution in [0.4, 0.5) is 0 Å². The Hall–Kier alpha value is -3.12. The summed E-state index contributed by atoms with van der Waals surface area (Å²) in [6.07, 6.45) is 3.31. The first-order chi connectivity index (χ1) is 13.7. The van der Waals surface area contributed by atoms with Gasteiger partial charge >= 0.3 is 0 Å². The molecule has 1 aliphatic carbocycles. The zero-order chi connectivity index (χ0) is 19.5. The number of aliphatic hydroxyl groups is 1. The third-order valence-corrected chi connectivity index (χ3v) is 4.87. The maximum atomic E-state index is 12.6. The number of aliphatic hydroxyl groups excluding tert-OH is 1. The zero-order valence-electron chi connectivity index (χ0n) is 15.6. The molecule has 6 nitrogen and oxygen atoms in total. The van der Waals surface area contributed by atoms with Gasteiger partial charge in [0, 0.05) is 17.7 Å². The van der Waals surface area contributed by atoms with Crippen molar-refractivity contribution in [1.29, 1.82) is 0 Å². The fraction of sp³-hybridized carbons (Fsp3) is 0.273. The molecule has 1 aliphatic rings. The summed E-state index contributed by atoms with van der Waals surface area (Å²) in [7, 11) is 1.54. The molecule has 3 aromatic rings. The molecule has 144 valence electrons. The Morgan fingerprint density at radius 1 is 1.11 bits per heavy atom. The van der Waals surface area contributed by atoms with Gasteiger partial charge in [-0.2, -0.15) is 9.78 Å². The highest BCUT2D eigenvalue weighted by Crippen LogP contribution is 2.34. The molecular weight excluding hydrogens is 356 g/mol. The summed E-state index contributed by atoms with van der Waals surface area (Å²) >= 11 is 0. The van der Waals surface area contributed by atoms with Gasteiger partial charge in [-0.05, 0) is 36.5 Å². The van der Waals surface area contributed by atoms with Crippen molar-refractivity contribution >= 4 is 0 Å². The van der Waals surface area contributed by atoms with Crippen LogP contribution in [0.1, 0.15) is 12.8 Å². The van der Waals surface area contributed by atoms with Crippen LogP contribution in [-0.4, -0.2) is 34.7 Å². The number of rotatable bonds is 7. The number of ether oxygens (including phenoxy) is 2. The van der Waals surface area contributed by atoms with Crippen molar-refractivity contribution in [3.63, 3.8) is 0 Å². The molecule has 0 spiro atoms. The van der Waals surface area contributed by atoms with Gasteiger partial charge in [0.1, 0.15) is 6.61 Å². The first-order valence-electron chi connectivity index (χ1n) is 9.30. The van der Waals surface area contributed by atoms with Gasteiger partial charge in [0.05, 0.1) is 25.1 Å². The van der Waals surface area contributed by atoms with Crippen molar-refractivity contribution in [3.05, 3.63) is 71.1 Å². The van der Waals surface area contributed by atoms with E-state index >= 15 is 0 Å². The van der Waals surface area contributed by atoms with Crippen LogP contribution >= 0.6 is 0 Å². The highest BCUT2D eigenvalue weighted by Gasteiger charge is 2.30. The second kappa shape index (κ2) is 7.86. The van der Waals surface area contributed by atoms with E-state index < -0.39 is 6.10 Å². The predicted molar refractivity (Wildman–Crippen MR) is 106 cm³/mol. The highest BCUT2D eigenvalue weighted by atomic mass is 16.5. The number of benzene rings is 2. The van der Waals surface area contributed by atoms with Crippen molar-refractivity contribution in [2.75, 3.05) is 13.7 Å². The van der Waals surface area contributed by atoms with E-state index in [2.05, 4.69) is 5.10 Å². The average Bonchev–Trinajstić information content (AvgIpc) is 3.58. The molecule has 1 atom stereocenters. The van der Waals surface area contributed by atoms with Gasteiger partial charge in [-0.1, -0.05) is 30.3 Å². The molecule has 1 unspecified atom stereocenters. The van der Waals surface area contributed by atoms with E-state index in [0.29, 0.717) is 23.1 Å². The number of nitrogens with zero attached hydrogens (tertiary/aromatic N) is 2. The number of hydrogen-bond donors (Lipinski definition) is 1. The Balaban J connectivity index is 1.57. The largest absolute Gasteiger partial charge is 0.493 e. The molecule has 6 heteroatoms. The molecule has 1 heterocycles. The summed E-state index contributed by atoms with van der Waals surface area (Å²) in [6, 6.07) is 16.4. The predicted octanol–water partition coefficient (Wildman–Crippen LogP) is 3.06. The molecule has 0 radical (unpaired) electrons. The molecule has 2 aromatic carbocycles. The van der Waals surface area contributed by atoms with Crippen LogP contribution in [0.5, 0.6) is 11.5 Å². The summed E-state index contributed by atoms with van der Waals surface area (Å²) in [5.74, 6) is 1.36. The average molecular weight is 378 g/mol. The van der Waals surface area contributed by atoms with Crippen molar-refractivity contribution < 1.29 is 14.6 Å². The minimum absolute atomic E-state index is 0.227. The van der Waals surface area contributed by atoms with Gasteiger partial charge in [-0.3, -0.25) is 4.79 Å². The van der Waals surface area contributed by atoms with E-state index in [-0.39, 0.29) is 12.2 Å². The van der Waals surface area contributed by atoms with Crippen molar-refractivity contribution in [3.8, 4) is 28.3 Å². The van der Waals surface area contributed by atoms with E-state index in [1.165, 1.54) is 11.8 Å². The topological polar surface area (TPSA) is 73.6 Å². The van der Waals surface area contributed by atoms with E-state index in [1.807, 2.05) is 30.3 Å². The lowest BCUT2D eigenvalue weighted by Gasteiger charge is -2.15. The van der Waals surface area contributed by atoms with Gasteiger partial charge in [0.15, 0.2) is 11.5 Å². The molecule has 0 bridgehead atoms. The molecule has 28 heavy (non-hydrogen) atoms. The van der Waals surface area contributed by atoms with Crippen LogP contribution in [0, 0.1) is 5.92 Å². The molecule has 1 saturated carbocycles. The second-order valence-electron chi connectivity index (χ2n) is 6.91. The Bertz CT molecular complexity index is 1010. The molecular formula is C22H22N2O4. The lowest BCUT2D eigenvalue weighted by molar-refractivity contribution is 0.0879. The normalized spacial score (nSPS) is 14.5. The number of methoxy groups -OCH3 is 1. The van der Waals surface area contributed by atoms with Crippen LogP contribution in [0.3, 0.4) is 0 Å². The third-order valence-electron chi connectivity index (χ3n) is 4.87. The van der Waals surface area contributed by atoms with Crippen molar-refractivity contribution in [2.45, 2.75) is 18.9 Å². The summed E-state index contributed by atoms with van der Waals surface area (Å²) < 4.78 is 12.4. The summed E-state index contributed by atoms with van der Waals surface area (Å²) in [5.41, 5.74) is 2.05. The van der Waals surface area contributed by atoms with Crippen LogP contribution < -0.4 is 15.0 Å². The third kappa shape index (κ3) is 3.92. The smallest absolute Gasteiger partial charge is 0.272 e. The molecule has 1 aromatic heterocycles. The highest BCUT2D eigenvalue weighted by molar-refractivity contribution is 5.61. The SMILES string of the molecule is COc1cc(-n2ncc(-c3ccccc3)cc2=O)ccc1OCC(O)C1CC1. The molecule has 1 fully saturated rings. The van der Waals surface area contributed by atoms with Crippen LogP contribution in [0.2, 0.25) is 0 Å². The molecule has 1 N–H and O–H groups in total. The molecule has 0 amide bonds. The Labute approximate surface area is 163 Å². The standard InChI is InChI=1S/C22H22N2O4/c1-27-21-12-18(9-10-20(21)28-14-19(25)16-7-8-16)24-22(26)11-17(13-23-24)15-5-3-2-4-6-15/h2-6,9-13,16,19,25H,7-8,14H2,1H3. The van der Waals surface area contributed by atoms with E-state index in [9.17, 15) is 9.90 Å². The van der Waals surface area contributed by atoms with Gasteiger partial charge in [0.25, 0.3) is 5.56 Å². The van der Waals surface area contributed by atoms with Crippen LogP contribution in [0.15, 0.2) is 65.6 Å². The minimum atomic E-state index is -0.459. The molecule has 0 saturated heterocycles. The van der Waals surface area contributed by atoms with E-state index in [4.69, 9.17) is 9.47 Å². The maximum Gasteiger partial charge on any atom is 0.272 e. The minimum Gasteiger partial charge on any atom is -0.493 e. The fourth-order valence-corrected chi connectivity index (χ4v) is 3.09. The second-order valence-corrected chi connectivity index (χ2v) is 6.91. The Kier molecular flexibility index (Phi) is 5.12. The fourth-order valence-electron chi connectivity index (χ4n) is 3.09. The lowest BCUT2D eigenvalue weighted by atomic mass is 10.1. The first kappa shape index (κ1) is 18.3. The first-order valence-corrected chi connectivity index (χ1v) is 9.30. The lowest BCUT2D eigenvalue weighted by Crippen LogP contribution is -2.21. The maximum absolute atomic E-state index is 12.6. The van der Waals surface area contributed by atoms with Crippen LogP contribution in [-0.2, 0) is 0 Å². The summed E-state index contributed by atoms with van der Waals surface area (Å²) in [4.78, 5) is 12.6. The van der Waals surface area contributed by atoms with E-state index in [0.717, 1.165) is 24.0 Å². The van der Waals surface area contributed by atoms with Gasteiger partial charge in [-0.15, -0.1) is 0 Å². The number of aromatic nitrogens is 2. The monoisotopic (exact) mass is 378 g/mol. The Morgan fingerprint density at radius 2 is 1.89 bits per heavy atom. The van der Waals surface area contributed by atoms with Crippen molar-refractivity contribution in [1.82, 2.24) is 9.78 Å². The van der Waals surface area contributed by atoms with Gasteiger partial charge in [-0.25, -0.2) is 0 Å². The quantitative estimate of drug-likeness (QED) is 0.684.